The van der Waals surface area contributed by atoms with Gasteiger partial charge in [0.15, 0.2) is 0 Å². The number of nitriles is 1. The number of ether oxygens (including phenoxy) is 2. The molecular weight excluding hydrogens is 748 g/mol. The van der Waals surface area contributed by atoms with Gasteiger partial charge in [-0.05, 0) is 87.7 Å². The van der Waals surface area contributed by atoms with Gasteiger partial charge in [0.1, 0.15) is 11.7 Å². The SMILES string of the molecule is Cc1ccc(C(OC[C@H]2O[C@@H](c3ccc(SC(=O)c4ccccc4)cc3)C[C@@H]2OP(OCCC#N)N(C(C)C)C(C)C)(c2ccccc2)c2ccc(C)cc2)cc1. The van der Waals surface area contributed by atoms with E-state index in [0.29, 0.717) is 12.0 Å². The molecule has 1 saturated heterocycles. The summed E-state index contributed by atoms with van der Waals surface area (Å²) in [6, 6.07) is 47.4. The number of nitrogens with zero attached hydrogens (tertiary/aromatic N) is 2. The number of thioether (sulfide) groups is 1. The smallest absolute Gasteiger partial charge is 0.259 e. The lowest BCUT2D eigenvalue weighted by Crippen LogP contribution is -2.39. The summed E-state index contributed by atoms with van der Waals surface area (Å²) in [5, 5.41) is 9.37. The van der Waals surface area contributed by atoms with Gasteiger partial charge in [-0.2, -0.15) is 5.26 Å². The predicted molar refractivity (Wildman–Crippen MR) is 230 cm³/mol. The second-order valence-corrected chi connectivity index (χ2v) is 17.5. The molecule has 6 rings (SSSR count). The maximum atomic E-state index is 13.0. The normalized spacial score (nSPS) is 17.6. The van der Waals surface area contributed by atoms with Crippen molar-refractivity contribution in [3.63, 3.8) is 0 Å². The molecule has 57 heavy (non-hydrogen) atoms. The molecular formula is C48H53N2O5PS. The molecule has 296 valence electrons. The molecule has 0 amide bonds. The van der Waals surface area contributed by atoms with Gasteiger partial charge in [-0.15, -0.1) is 0 Å². The van der Waals surface area contributed by atoms with Crippen molar-refractivity contribution in [2.24, 2.45) is 0 Å². The van der Waals surface area contributed by atoms with Crippen molar-refractivity contribution in [1.82, 2.24) is 4.67 Å². The molecule has 9 heteroatoms. The number of carbonyl (C=O) groups is 1. The molecule has 0 radical (unpaired) electrons. The molecule has 0 saturated carbocycles. The van der Waals surface area contributed by atoms with Crippen LogP contribution in [0.1, 0.15) is 90.4 Å². The van der Waals surface area contributed by atoms with E-state index in [9.17, 15) is 10.1 Å². The molecule has 1 aliphatic heterocycles. The van der Waals surface area contributed by atoms with E-state index in [4.69, 9.17) is 18.5 Å². The van der Waals surface area contributed by atoms with E-state index in [1.165, 1.54) is 22.9 Å². The lowest BCUT2D eigenvalue weighted by Gasteiger charge is -2.39. The summed E-state index contributed by atoms with van der Waals surface area (Å²) < 4.78 is 30.1. The van der Waals surface area contributed by atoms with E-state index in [2.05, 4.69) is 125 Å². The van der Waals surface area contributed by atoms with Crippen LogP contribution in [0.4, 0.5) is 0 Å². The Morgan fingerprint density at radius 3 is 1.89 bits per heavy atom. The molecule has 0 aromatic heterocycles. The number of benzene rings is 5. The zero-order valence-electron chi connectivity index (χ0n) is 33.7. The molecule has 5 aromatic carbocycles. The van der Waals surface area contributed by atoms with E-state index in [-0.39, 0.29) is 49.0 Å². The second kappa shape index (κ2) is 20.0. The molecule has 1 fully saturated rings. The zero-order chi connectivity index (χ0) is 40.4. The Balaban J connectivity index is 1.35. The summed E-state index contributed by atoms with van der Waals surface area (Å²) in [7, 11) is -1.55. The highest BCUT2D eigenvalue weighted by Crippen LogP contribution is 2.51. The Morgan fingerprint density at radius 1 is 0.807 bits per heavy atom. The Labute approximate surface area is 344 Å². The van der Waals surface area contributed by atoms with Crippen molar-refractivity contribution in [1.29, 1.82) is 5.26 Å². The first kappa shape index (κ1) is 42.4. The lowest BCUT2D eigenvalue weighted by molar-refractivity contribution is -0.0806. The molecule has 0 spiro atoms. The summed E-state index contributed by atoms with van der Waals surface area (Å²) in [5.41, 5.74) is 6.08. The Bertz CT molecular complexity index is 2000. The minimum atomic E-state index is -1.55. The average Bonchev–Trinajstić information content (AvgIpc) is 3.62. The van der Waals surface area contributed by atoms with Gasteiger partial charge in [0.2, 0.25) is 5.12 Å². The van der Waals surface area contributed by atoms with Gasteiger partial charge in [0, 0.05) is 29.0 Å². The fraction of sp³-hybridized carbons (Fsp3) is 0.333. The summed E-state index contributed by atoms with van der Waals surface area (Å²) in [4.78, 5) is 13.8. The van der Waals surface area contributed by atoms with E-state index in [1.807, 2.05) is 60.7 Å². The molecule has 5 aromatic rings. The van der Waals surface area contributed by atoms with Crippen LogP contribution in [0.5, 0.6) is 0 Å². The molecule has 0 aliphatic carbocycles. The van der Waals surface area contributed by atoms with Crippen LogP contribution < -0.4 is 0 Å². The molecule has 0 N–H and O–H groups in total. The highest BCUT2D eigenvalue weighted by Gasteiger charge is 2.44. The molecule has 1 heterocycles. The van der Waals surface area contributed by atoms with Crippen molar-refractivity contribution < 1.29 is 23.3 Å². The van der Waals surface area contributed by atoms with Gasteiger partial charge < -0.3 is 18.5 Å². The minimum Gasteiger partial charge on any atom is -0.365 e. The van der Waals surface area contributed by atoms with Crippen LogP contribution in [0.15, 0.2) is 138 Å². The van der Waals surface area contributed by atoms with Crippen LogP contribution in [-0.2, 0) is 24.1 Å². The second-order valence-electron chi connectivity index (χ2n) is 15.0. The van der Waals surface area contributed by atoms with Gasteiger partial charge in [0.05, 0.1) is 37.9 Å². The molecule has 0 bridgehead atoms. The average molecular weight is 801 g/mol. The topological polar surface area (TPSA) is 81.0 Å². The maximum absolute atomic E-state index is 13.0. The first-order valence-electron chi connectivity index (χ1n) is 19.7. The summed E-state index contributed by atoms with van der Waals surface area (Å²) in [5.74, 6) is 0. The van der Waals surface area contributed by atoms with Gasteiger partial charge in [-0.1, -0.05) is 132 Å². The van der Waals surface area contributed by atoms with Crippen LogP contribution in [0.3, 0.4) is 0 Å². The van der Waals surface area contributed by atoms with Crippen LogP contribution >= 0.6 is 20.3 Å². The van der Waals surface area contributed by atoms with Gasteiger partial charge in [0.25, 0.3) is 8.53 Å². The number of rotatable bonds is 17. The Kier molecular flexibility index (Phi) is 14.9. The van der Waals surface area contributed by atoms with Crippen molar-refractivity contribution in [2.75, 3.05) is 13.2 Å². The Hall–Kier alpha value is -4.16. The zero-order valence-corrected chi connectivity index (χ0v) is 35.4. The first-order valence-corrected chi connectivity index (χ1v) is 21.6. The van der Waals surface area contributed by atoms with E-state index >= 15 is 0 Å². The molecule has 7 nitrogen and oxygen atoms in total. The quantitative estimate of drug-likeness (QED) is 0.0398. The number of hydrogen-bond donors (Lipinski definition) is 0. The van der Waals surface area contributed by atoms with Gasteiger partial charge in [-0.25, -0.2) is 4.67 Å². The standard InChI is InChI=1S/C48H53N2O5PS/c1-34(2)50(35(3)4)56(53-31-13-30-49)55-45-32-44(38-22-28-43(29-23-38)57-47(51)39-14-9-7-10-15-39)54-46(45)33-52-48(40-16-11-8-12-17-40,41-24-18-36(5)19-25-41)42-26-20-37(6)21-27-42/h7-12,14-29,34-35,44-46H,13,31-33H2,1-6H3/t44-,45+,46-,56?/m1/s1. The van der Waals surface area contributed by atoms with Crippen LogP contribution in [0, 0.1) is 25.2 Å². The van der Waals surface area contributed by atoms with Gasteiger partial charge >= 0.3 is 0 Å². The lowest BCUT2D eigenvalue weighted by atomic mass is 9.79. The third kappa shape index (κ3) is 10.5. The third-order valence-corrected chi connectivity index (χ3v) is 13.2. The third-order valence-electron chi connectivity index (χ3n) is 10.1. The maximum Gasteiger partial charge on any atom is 0.259 e. The van der Waals surface area contributed by atoms with Crippen molar-refractivity contribution in [2.45, 2.75) is 95.3 Å². The highest BCUT2D eigenvalue weighted by molar-refractivity contribution is 8.14. The van der Waals surface area contributed by atoms with Crippen LogP contribution in [-0.4, -0.2) is 47.3 Å². The largest absolute Gasteiger partial charge is 0.365 e. The summed E-state index contributed by atoms with van der Waals surface area (Å²) in [6.07, 6.45) is -0.303. The summed E-state index contributed by atoms with van der Waals surface area (Å²) in [6.45, 7) is 13.2. The predicted octanol–water partition coefficient (Wildman–Crippen LogP) is 11.7. The monoisotopic (exact) mass is 800 g/mol. The fourth-order valence-electron chi connectivity index (χ4n) is 7.30. The van der Waals surface area contributed by atoms with E-state index in [0.717, 1.165) is 27.1 Å². The van der Waals surface area contributed by atoms with E-state index in [1.54, 1.807) is 0 Å². The van der Waals surface area contributed by atoms with Crippen molar-refractivity contribution in [3.05, 3.63) is 172 Å². The molecule has 4 atom stereocenters. The number of hydrogen-bond acceptors (Lipinski definition) is 8. The number of aryl methyl sites for hydroxylation is 2. The van der Waals surface area contributed by atoms with Crippen molar-refractivity contribution in [3.8, 4) is 6.07 Å². The minimum absolute atomic E-state index is 0.000177. The fourth-order valence-corrected chi connectivity index (χ4v) is 9.79. The number of carbonyl (C=O) groups excluding carboxylic acids is 1. The molecule has 1 aliphatic rings. The summed E-state index contributed by atoms with van der Waals surface area (Å²) >= 11 is 1.21. The van der Waals surface area contributed by atoms with Crippen LogP contribution in [0.25, 0.3) is 0 Å². The highest BCUT2D eigenvalue weighted by atomic mass is 32.2. The first-order chi connectivity index (χ1) is 27.6. The molecule has 1 unspecified atom stereocenters. The van der Waals surface area contributed by atoms with Crippen LogP contribution in [0.2, 0.25) is 0 Å². The van der Waals surface area contributed by atoms with E-state index < -0.39 is 20.2 Å². The van der Waals surface area contributed by atoms with Gasteiger partial charge in [-0.3, -0.25) is 4.79 Å². The van der Waals surface area contributed by atoms with Crippen molar-refractivity contribution >= 4 is 25.4 Å². The Morgan fingerprint density at radius 2 is 1.35 bits per heavy atom.